The number of anilines is 1. The highest BCUT2D eigenvalue weighted by atomic mass is 16.5. The molecule has 2 fully saturated rings. The van der Waals surface area contributed by atoms with Gasteiger partial charge in [0.25, 0.3) is 0 Å². The predicted molar refractivity (Wildman–Crippen MR) is 106 cm³/mol. The van der Waals surface area contributed by atoms with E-state index in [9.17, 15) is 9.59 Å². The molecule has 1 aromatic rings. The van der Waals surface area contributed by atoms with E-state index in [-0.39, 0.29) is 17.9 Å². The Kier molecular flexibility index (Phi) is 6.96. The Balaban J connectivity index is 1.47. The van der Waals surface area contributed by atoms with Crippen LogP contribution in [0.15, 0.2) is 24.3 Å². The Hall–Kier alpha value is -2.24. The molecule has 6 nitrogen and oxygen atoms in total. The zero-order valence-electron chi connectivity index (χ0n) is 16.2. The van der Waals surface area contributed by atoms with E-state index < -0.39 is 0 Å². The van der Waals surface area contributed by atoms with Crippen molar-refractivity contribution in [3.05, 3.63) is 24.3 Å². The summed E-state index contributed by atoms with van der Waals surface area (Å²) in [5.41, 5.74) is 0.727. The number of ether oxygens (including phenoxy) is 1. The van der Waals surface area contributed by atoms with Crippen LogP contribution in [-0.4, -0.2) is 43.6 Å². The summed E-state index contributed by atoms with van der Waals surface area (Å²) in [6.07, 6.45) is 8.04. The average Bonchev–Trinajstić information content (AvgIpc) is 2.73. The van der Waals surface area contributed by atoms with Crippen LogP contribution in [0.25, 0.3) is 0 Å². The normalized spacial score (nSPS) is 20.8. The number of nitrogens with one attached hydrogen (secondary N) is 2. The summed E-state index contributed by atoms with van der Waals surface area (Å²) >= 11 is 0. The average molecular weight is 373 g/mol. The third-order valence-corrected chi connectivity index (χ3v) is 5.71. The smallest absolute Gasteiger partial charge is 0.321 e. The molecule has 3 rings (SSSR count). The first-order valence-corrected chi connectivity index (χ1v) is 10.1. The van der Waals surface area contributed by atoms with Crippen molar-refractivity contribution >= 4 is 17.6 Å². The monoisotopic (exact) mass is 373 g/mol. The summed E-state index contributed by atoms with van der Waals surface area (Å²) in [5.74, 6) is 1.37. The fraction of sp³-hybridized carbons (Fsp3) is 0.619. The molecule has 0 aromatic heterocycles. The first-order valence-electron chi connectivity index (χ1n) is 10.1. The van der Waals surface area contributed by atoms with E-state index in [1.807, 2.05) is 24.3 Å². The number of hydrogen-bond donors (Lipinski definition) is 2. The summed E-state index contributed by atoms with van der Waals surface area (Å²) < 4.78 is 5.13. The van der Waals surface area contributed by atoms with E-state index in [4.69, 9.17) is 4.74 Å². The van der Waals surface area contributed by atoms with Crippen molar-refractivity contribution < 1.29 is 14.3 Å². The number of carbonyl (C=O) groups is 2. The van der Waals surface area contributed by atoms with E-state index >= 15 is 0 Å². The lowest BCUT2D eigenvalue weighted by Gasteiger charge is -2.32. The van der Waals surface area contributed by atoms with Crippen LogP contribution in [0.2, 0.25) is 0 Å². The quantitative estimate of drug-likeness (QED) is 0.828. The minimum Gasteiger partial charge on any atom is -0.497 e. The third-order valence-electron chi connectivity index (χ3n) is 5.71. The standard InChI is InChI=1S/C21H31N3O3/c1-27-19-11-9-18(10-12-19)23-21(26)24-13-5-8-17(15-24)20(25)22-14-16-6-3-2-4-7-16/h9-12,16-17H,2-8,13-15H2,1H3,(H,22,25)(H,23,26)/t17-/m1/s1. The maximum atomic E-state index is 12.6. The van der Waals surface area contributed by atoms with E-state index in [1.165, 1.54) is 32.1 Å². The number of benzene rings is 1. The number of likely N-dealkylation sites (tertiary alicyclic amines) is 1. The van der Waals surface area contributed by atoms with Crippen molar-refractivity contribution in [1.29, 1.82) is 0 Å². The van der Waals surface area contributed by atoms with Gasteiger partial charge in [0.1, 0.15) is 5.75 Å². The highest BCUT2D eigenvalue weighted by Gasteiger charge is 2.28. The van der Waals surface area contributed by atoms with Crippen LogP contribution in [-0.2, 0) is 4.79 Å². The largest absolute Gasteiger partial charge is 0.497 e. The Labute approximate surface area is 161 Å². The molecular formula is C21H31N3O3. The lowest BCUT2D eigenvalue weighted by Crippen LogP contribution is -2.47. The summed E-state index contributed by atoms with van der Waals surface area (Å²) in [6.45, 7) is 1.96. The second kappa shape index (κ2) is 9.62. The predicted octanol–water partition coefficient (Wildman–Crippen LogP) is 3.64. The van der Waals surface area contributed by atoms with Crippen LogP contribution in [0.3, 0.4) is 0 Å². The Bertz CT molecular complexity index is 626. The lowest BCUT2D eigenvalue weighted by atomic mass is 9.89. The fourth-order valence-corrected chi connectivity index (χ4v) is 4.03. The molecule has 1 heterocycles. The molecule has 1 aliphatic carbocycles. The molecule has 27 heavy (non-hydrogen) atoms. The molecule has 1 saturated heterocycles. The molecule has 3 amide bonds. The molecule has 1 saturated carbocycles. The van der Waals surface area contributed by atoms with Gasteiger partial charge < -0.3 is 20.3 Å². The number of piperidine rings is 1. The topological polar surface area (TPSA) is 70.7 Å². The van der Waals surface area contributed by atoms with Gasteiger partial charge in [-0.2, -0.15) is 0 Å². The van der Waals surface area contributed by atoms with Gasteiger partial charge in [-0.15, -0.1) is 0 Å². The van der Waals surface area contributed by atoms with E-state index in [2.05, 4.69) is 10.6 Å². The van der Waals surface area contributed by atoms with Crippen molar-refractivity contribution in [2.45, 2.75) is 44.9 Å². The second-order valence-electron chi connectivity index (χ2n) is 7.69. The lowest BCUT2D eigenvalue weighted by molar-refractivity contribution is -0.126. The summed E-state index contributed by atoms with van der Waals surface area (Å²) in [7, 11) is 1.61. The Morgan fingerprint density at radius 1 is 1.07 bits per heavy atom. The summed E-state index contributed by atoms with van der Waals surface area (Å²) in [6, 6.07) is 7.11. The maximum absolute atomic E-state index is 12.6. The summed E-state index contributed by atoms with van der Waals surface area (Å²) in [4.78, 5) is 26.9. The Morgan fingerprint density at radius 3 is 2.52 bits per heavy atom. The third kappa shape index (κ3) is 5.62. The number of hydrogen-bond acceptors (Lipinski definition) is 3. The van der Waals surface area contributed by atoms with E-state index in [1.54, 1.807) is 12.0 Å². The molecule has 0 spiro atoms. The second-order valence-corrected chi connectivity index (χ2v) is 7.69. The number of amides is 3. The molecule has 0 radical (unpaired) electrons. The fourth-order valence-electron chi connectivity index (χ4n) is 4.03. The number of nitrogens with zero attached hydrogens (tertiary/aromatic N) is 1. The zero-order chi connectivity index (χ0) is 19.1. The van der Waals surface area contributed by atoms with Crippen LogP contribution in [0.5, 0.6) is 5.75 Å². The van der Waals surface area contributed by atoms with Crippen molar-refractivity contribution in [2.24, 2.45) is 11.8 Å². The molecule has 1 aliphatic heterocycles. The number of carbonyl (C=O) groups excluding carboxylic acids is 2. The van der Waals surface area contributed by atoms with Crippen LogP contribution in [0.4, 0.5) is 10.5 Å². The SMILES string of the molecule is COc1ccc(NC(=O)N2CCC[C@@H](C(=O)NCC3CCCCC3)C2)cc1. The van der Waals surface area contributed by atoms with Crippen molar-refractivity contribution in [3.8, 4) is 5.75 Å². The molecule has 6 heteroatoms. The van der Waals surface area contributed by atoms with Gasteiger partial charge in [0.2, 0.25) is 5.91 Å². The minimum atomic E-state index is -0.148. The number of urea groups is 1. The molecule has 0 unspecified atom stereocenters. The van der Waals surface area contributed by atoms with Gasteiger partial charge in [-0.25, -0.2) is 4.79 Å². The van der Waals surface area contributed by atoms with Gasteiger partial charge in [-0.1, -0.05) is 19.3 Å². The van der Waals surface area contributed by atoms with Crippen LogP contribution >= 0.6 is 0 Å². The van der Waals surface area contributed by atoms with Crippen molar-refractivity contribution in [2.75, 3.05) is 32.1 Å². The van der Waals surface area contributed by atoms with Crippen molar-refractivity contribution in [1.82, 2.24) is 10.2 Å². The van der Waals surface area contributed by atoms with Gasteiger partial charge in [0.15, 0.2) is 0 Å². The molecule has 2 N–H and O–H groups in total. The number of methoxy groups -OCH3 is 1. The van der Waals surface area contributed by atoms with E-state index in [0.29, 0.717) is 19.0 Å². The van der Waals surface area contributed by atoms with Crippen LogP contribution in [0, 0.1) is 11.8 Å². The van der Waals surface area contributed by atoms with Gasteiger partial charge in [0.05, 0.1) is 13.0 Å². The van der Waals surface area contributed by atoms with Gasteiger partial charge in [0, 0.05) is 25.3 Å². The molecule has 1 aromatic carbocycles. The van der Waals surface area contributed by atoms with Crippen LogP contribution in [0.1, 0.15) is 44.9 Å². The maximum Gasteiger partial charge on any atom is 0.321 e. The molecular weight excluding hydrogens is 342 g/mol. The highest BCUT2D eigenvalue weighted by Crippen LogP contribution is 2.23. The first kappa shape index (κ1) is 19.5. The molecule has 1 atom stereocenters. The summed E-state index contributed by atoms with van der Waals surface area (Å²) in [5, 5.41) is 6.04. The van der Waals surface area contributed by atoms with Gasteiger partial charge >= 0.3 is 6.03 Å². The van der Waals surface area contributed by atoms with Crippen molar-refractivity contribution in [3.63, 3.8) is 0 Å². The highest BCUT2D eigenvalue weighted by molar-refractivity contribution is 5.90. The first-order chi connectivity index (χ1) is 13.2. The molecule has 2 aliphatic rings. The zero-order valence-corrected chi connectivity index (χ0v) is 16.2. The van der Waals surface area contributed by atoms with E-state index in [0.717, 1.165) is 30.8 Å². The minimum absolute atomic E-state index is 0.0996. The Morgan fingerprint density at radius 2 is 1.81 bits per heavy atom. The van der Waals surface area contributed by atoms with Crippen LogP contribution < -0.4 is 15.4 Å². The molecule has 148 valence electrons. The van der Waals surface area contributed by atoms with Gasteiger partial charge in [-0.05, 0) is 55.9 Å². The van der Waals surface area contributed by atoms with Gasteiger partial charge in [-0.3, -0.25) is 4.79 Å². The molecule has 0 bridgehead atoms. The number of rotatable bonds is 5.